The molecule has 1 fully saturated rings. The molecule has 2 N–H and O–H groups in total. The lowest BCUT2D eigenvalue weighted by Gasteiger charge is -2.18. The molecule has 3 rings (SSSR count). The van der Waals surface area contributed by atoms with Gasteiger partial charge in [0, 0.05) is 18.9 Å². The maximum atomic E-state index is 11.2. The van der Waals surface area contributed by atoms with E-state index in [1.165, 1.54) is 37.1 Å². The summed E-state index contributed by atoms with van der Waals surface area (Å²) in [6.07, 6.45) is 6.45. The quantitative estimate of drug-likeness (QED) is 0.921. The Morgan fingerprint density at radius 2 is 1.86 bits per heavy atom. The van der Waals surface area contributed by atoms with Crippen LogP contribution in [0.4, 0.5) is 0 Å². The van der Waals surface area contributed by atoms with Gasteiger partial charge in [-0.25, -0.2) is 0 Å². The topological polar surface area (TPSA) is 59.2 Å². The molecule has 1 aromatic carbocycles. The lowest BCUT2D eigenvalue weighted by atomic mass is 9.96. The second kappa shape index (κ2) is 6.71. The summed E-state index contributed by atoms with van der Waals surface area (Å²) in [4.78, 5) is 17.8. The fraction of sp³-hybridized carbons (Fsp3) is 0.333. The zero-order valence-corrected chi connectivity index (χ0v) is 12.7. The van der Waals surface area contributed by atoms with Gasteiger partial charge in [-0.15, -0.1) is 0 Å². The van der Waals surface area contributed by atoms with Gasteiger partial charge in [-0.3, -0.25) is 14.7 Å². The van der Waals surface area contributed by atoms with Crippen molar-refractivity contribution in [3.05, 3.63) is 53.9 Å². The smallest absolute Gasteiger partial charge is 0.221 e. The number of nitrogens with zero attached hydrogens (tertiary/aromatic N) is 2. The van der Waals surface area contributed by atoms with Crippen molar-refractivity contribution in [2.45, 2.75) is 25.8 Å². The Kier molecular flexibility index (Phi) is 4.49. The van der Waals surface area contributed by atoms with Crippen molar-refractivity contribution in [2.24, 2.45) is 5.73 Å². The first-order chi connectivity index (χ1) is 10.7. The fourth-order valence-corrected chi connectivity index (χ4v) is 3.05. The number of pyridine rings is 1. The van der Waals surface area contributed by atoms with Gasteiger partial charge in [0.25, 0.3) is 0 Å². The molecule has 0 atom stereocenters. The first-order valence-electron chi connectivity index (χ1n) is 7.75. The standard InChI is InChI=1S/C18H21N3O/c19-18(22)12-14-3-4-16(13-21-9-1-2-10-21)17(11-14)15-5-7-20-8-6-15/h3-8,11H,1-2,9-10,12-13H2,(H2,19,22). The van der Waals surface area contributed by atoms with Crippen molar-refractivity contribution in [1.82, 2.24) is 9.88 Å². The van der Waals surface area contributed by atoms with Crippen LogP contribution in [0.1, 0.15) is 24.0 Å². The van der Waals surface area contributed by atoms with Gasteiger partial charge in [0.2, 0.25) is 5.91 Å². The van der Waals surface area contributed by atoms with Crippen LogP contribution in [-0.4, -0.2) is 28.9 Å². The molecule has 1 saturated heterocycles. The summed E-state index contributed by atoms with van der Waals surface area (Å²) in [5.41, 5.74) is 9.89. The molecule has 22 heavy (non-hydrogen) atoms. The third-order valence-electron chi connectivity index (χ3n) is 4.14. The lowest BCUT2D eigenvalue weighted by Crippen LogP contribution is -2.19. The van der Waals surface area contributed by atoms with E-state index in [1.54, 1.807) is 12.4 Å². The number of carbonyl (C=O) groups excluding carboxylic acids is 1. The van der Waals surface area contributed by atoms with Gasteiger partial charge in [-0.05, 0) is 60.3 Å². The molecule has 2 aromatic rings. The van der Waals surface area contributed by atoms with Crippen LogP contribution < -0.4 is 5.73 Å². The molecule has 0 aliphatic carbocycles. The summed E-state index contributed by atoms with van der Waals surface area (Å²) >= 11 is 0. The van der Waals surface area contributed by atoms with Gasteiger partial charge >= 0.3 is 0 Å². The van der Waals surface area contributed by atoms with Crippen molar-refractivity contribution in [1.29, 1.82) is 0 Å². The van der Waals surface area contributed by atoms with E-state index < -0.39 is 0 Å². The third kappa shape index (κ3) is 3.52. The molecule has 0 bridgehead atoms. The second-order valence-corrected chi connectivity index (χ2v) is 5.85. The predicted molar refractivity (Wildman–Crippen MR) is 87.1 cm³/mol. The van der Waals surface area contributed by atoms with Crippen LogP contribution in [0, 0.1) is 0 Å². The number of hydrogen-bond donors (Lipinski definition) is 1. The van der Waals surface area contributed by atoms with Crippen LogP contribution in [0.2, 0.25) is 0 Å². The van der Waals surface area contributed by atoms with Gasteiger partial charge in [0.05, 0.1) is 6.42 Å². The van der Waals surface area contributed by atoms with E-state index in [-0.39, 0.29) is 12.3 Å². The number of benzene rings is 1. The Morgan fingerprint density at radius 1 is 1.14 bits per heavy atom. The average Bonchev–Trinajstić information content (AvgIpc) is 3.02. The maximum absolute atomic E-state index is 11.2. The fourth-order valence-electron chi connectivity index (χ4n) is 3.05. The molecule has 1 aliphatic rings. The van der Waals surface area contributed by atoms with Crippen LogP contribution in [0.25, 0.3) is 11.1 Å². The normalized spacial score (nSPS) is 15.1. The number of nitrogens with two attached hydrogens (primary N) is 1. The van der Waals surface area contributed by atoms with Crippen molar-refractivity contribution >= 4 is 5.91 Å². The molecule has 2 heterocycles. The van der Waals surface area contributed by atoms with E-state index in [1.807, 2.05) is 18.2 Å². The molecule has 4 nitrogen and oxygen atoms in total. The lowest BCUT2D eigenvalue weighted by molar-refractivity contribution is -0.117. The number of rotatable bonds is 5. The largest absolute Gasteiger partial charge is 0.369 e. The summed E-state index contributed by atoms with van der Waals surface area (Å²) < 4.78 is 0. The first-order valence-corrected chi connectivity index (χ1v) is 7.75. The summed E-state index contributed by atoms with van der Waals surface area (Å²) in [7, 11) is 0. The summed E-state index contributed by atoms with van der Waals surface area (Å²) in [6, 6.07) is 10.3. The Labute approximate surface area is 131 Å². The number of aromatic nitrogens is 1. The van der Waals surface area contributed by atoms with Gasteiger partial charge in [0.15, 0.2) is 0 Å². The molecule has 1 amide bonds. The molecule has 1 aromatic heterocycles. The van der Waals surface area contributed by atoms with Crippen LogP contribution in [0.15, 0.2) is 42.7 Å². The van der Waals surface area contributed by atoms with Crippen LogP contribution in [0.3, 0.4) is 0 Å². The number of primary amides is 1. The Hall–Kier alpha value is -2.20. The minimum absolute atomic E-state index is 0.280. The molecular formula is C18H21N3O. The minimum Gasteiger partial charge on any atom is -0.369 e. The molecule has 0 radical (unpaired) electrons. The van der Waals surface area contributed by atoms with E-state index in [9.17, 15) is 4.79 Å². The van der Waals surface area contributed by atoms with Gasteiger partial charge in [0.1, 0.15) is 0 Å². The molecule has 1 aliphatic heterocycles. The monoisotopic (exact) mass is 295 g/mol. The number of likely N-dealkylation sites (tertiary alicyclic amines) is 1. The predicted octanol–water partition coefficient (Wildman–Crippen LogP) is 2.37. The summed E-state index contributed by atoms with van der Waals surface area (Å²) in [5.74, 6) is -0.298. The molecule has 114 valence electrons. The Bertz CT molecular complexity index is 649. The average molecular weight is 295 g/mol. The van der Waals surface area contributed by atoms with E-state index >= 15 is 0 Å². The van der Waals surface area contributed by atoms with E-state index in [0.717, 1.165) is 17.7 Å². The van der Waals surface area contributed by atoms with E-state index in [4.69, 9.17) is 5.73 Å². The van der Waals surface area contributed by atoms with E-state index in [2.05, 4.69) is 22.0 Å². The van der Waals surface area contributed by atoms with Crippen LogP contribution in [-0.2, 0) is 17.8 Å². The van der Waals surface area contributed by atoms with Gasteiger partial charge < -0.3 is 5.73 Å². The molecule has 0 spiro atoms. The zero-order chi connectivity index (χ0) is 15.4. The minimum atomic E-state index is -0.298. The molecule has 0 unspecified atom stereocenters. The SMILES string of the molecule is NC(=O)Cc1ccc(CN2CCCC2)c(-c2ccncc2)c1. The van der Waals surface area contributed by atoms with E-state index in [0.29, 0.717) is 0 Å². The van der Waals surface area contributed by atoms with Crippen LogP contribution >= 0.6 is 0 Å². The highest BCUT2D eigenvalue weighted by Gasteiger charge is 2.15. The highest BCUT2D eigenvalue weighted by atomic mass is 16.1. The highest BCUT2D eigenvalue weighted by Crippen LogP contribution is 2.27. The number of amides is 1. The zero-order valence-electron chi connectivity index (χ0n) is 12.7. The highest BCUT2D eigenvalue weighted by molar-refractivity contribution is 5.78. The van der Waals surface area contributed by atoms with Crippen LogP contribution in [0.5, 0.6) is 0 Å². The van der Waals surface area contributed by atoms with Crippen molar-refractivity contribution < 1.29 is 4.79 Å². The molecule has 4 heteroatoms. The van der Waals surface area contributed by atoms with Crippen molar-refractivity contribution in [2.75, 3.05) is 13.1 Å². The Balaban J connectivity index is 1.95. The number of hydrogen-bond acceptors (Lipinski definition) is 3. The van der Waals surface area contributed by atoms with Gasteiger partial charge in [-0.1, -0.05) is 18.2 Å². The second-order valence-electron chi connectivity index (χ2n) is 5.85. The molecular weight excluding hydrogens is 274 g/mol. The third-order valence-corrected chi connectivity index (χ3v) is 4.14. The summed E-state index contributed by atoms with van der Waals surface area (Å²) in [6.45, 7) is 3.28. The van der Waals surface area contributed by atoms with Crippen molar-refractivity contribution in [3.63, 3.8) is 0 Å². The molecule has 0 saturated carbocycles. The number of carbonyl (C=O) groups is 1. The first kappa shape index (κ1) is 14.7. The van der Waals surface area contributed by atoms with Crippen molar-refractivity contribution in [3.8, 4) is 11.1 Å². The van der Waals surface area contributed by atoms with Gasteiger partial charge in [-0.2, -0.15) is 0 Å². The maximum Gasteiger partial charge on any atom is 0.221 e. The summed E-state index contributed by atoms with van der Waals surface area (Å²) in [5, 5.41) is 0. The Morgan fingerprint density at radius 3 is 2.55 bits per heavy atom.